The smallest absolute Gasteiger partial charge is 0.00836 e. The highest BCUT2D eigenvalue weighted by molar-refractivity contribution is 5.74. The van der Waals surface area contributed by atoms with Gasteiger partial charge in [0, 0.05) is 12.4 Å². The van der Waals surface area contributed by atoms with Crippen molar-refractivity contribution in [3.8, 4) is 0 Å². The van der Waals surface area contributed by atoms with E-state index >= 15 is 0 Å². The predicted octanol–water partition coefficient (Wildman–Crippen LogP) is 2.70. The van der Waals surface area contributed by atoms with E-state index in [4.69, 9.17) is 0 Å². The lowest BCUT2D eigenvalue weighted by Crippen LogP contribution is -1.92. The van der Waals surface area contributed by atoms with Crippen molar-refractivity contribution in [3.63, 3.8) is 0 Å². The Hall–Kier alpha value is -1.76. The van der Waals surface area contributed by atoms with Crippen LogP contribution in [0.1, 0.15) is 5.56 Å². The summed E-state index contributed by atoms with van der Waals surface area (Å²) in [5, 5.41) is 3.09. The zero-order valence-corrected chi connectivity index (χ0v) is 7.27. The molecule has 1 nitrogen and oxygen atoms in total. The summed E-state index contributed by atoms with van der Waals surface area (Å²) >= 11 is 0. The predicted molar refractivity (Wildman–Crippen MR) is 55.8 cm³/mol. The van der Waals surface area contributed by atoms with Crippen LogP contribution in [-0.2, 0) is 0 Å². The molecule has 1 aliphatic rings. The average Bonchev–Trinajstić information content (AvgIpc) is 2.47. The SMILES string of the molecule is C1=CNC=C(c2ccccc2)C=C1. The first-order valence-corrected chi connectivity index (χ1v) is 4.32. The molecule has 0 aromatic heterocycles. The Balaban J connectivity index is 2.32. The van der Waals surface area contributed by atoms with E-state index < -0.39 is 0 Å². The molecule has 1 aromatic carbocycles. The molecular weight excluding hydrogens is 158 g/mol. The van der Waals surface area contributed by atoms with Gasteiger partial charge in [-0.3, -0.25) is 0 Å². The number of hydrogen-bond donors (Lipinski definition) is 1. The van der Waals surface area contributed by atoms with Crippen LogP contribution in [0.4, 0.5) is 0 Å². The molecule has 0 bridgehead atoms. The Morgan fingerprint density at radius 1 is 0.923 bits per heavy atom. The fourth-order valence-electron chi connectivity index (χ4n) is 1.27. The third kappa shape index (κ3) is 1.88. The summed E-state index contributed by atoms with van der Waals surface area (Å²) in [6.45, 7) is 0. The van der Waals surface area contributed by atoms with Crippen LogP contribution in [0.25, 0.3) is 5.57 Å². The van der Waals surface area contributed by atoms with Gasteiger partial charge in [0.15, 0.2) is 0 Å². The highest BCUT2D eigenvalue weighted by atomic mass is 14.8. The van der Waals surface area contributed by atoms with Gasteiger partial charge in [-0.05, 0) is 17.2 Å². The van der Waals surface area contributed by atoms with Crippen LogP contribution in [0.15, 0.2) is 61.0 Å². The molecule has 0 spiro atoms. The molecule has 0 saturated heterocycles. The van der Waals surface area contributed by atoms with Gasteiger partial charge in [-0.2, -0.15) is 0 Å². The lowest BCUT2D eigenvalue weighted by atomic mass is 10.1. The van der Waals surface area contributed by atoms with Crippen molar-refractivity contribution in [2.75, 3.05) is 0 Å². The lowest BCUT2D eigenvalue weighted by Gasteiger charge is -2.00. The summed E-state index contributed by atoms with van der Waals surface area (Å²) < 4.78 is 0. The summed E-state index contributed by atoms with van der Waals surface area (Å²) in [7, 11) is 0. The topological polar surface area (TPSA) is 12.0 Å². The molecule has 1 aliphatic heterocycles. The summed E-state index contributed by atoms with van der Waals surface area (Å²) in [6, 6.07) is 10.3. The van der Waals surface area contributed by atoms with Crippen molar-refractivity contribution >= 4 is 5.57 Å². The van der Waals surface area contributed by atoms with Gasteiger partial charge in [-0.15, -0.1) is 0 Å². The first kappa shape index (κ1) is 7.87. The molecule has 0 unspecified atom stereocenters. The molecule has 1 heteroatoms. The minimum absolute atomic E-state index is 1.20. The van der Waals surface area contributed by atoms with Crippen molar-refractivity contribution in [2.24, 2.45) is 0 Å². The molecule has 1 aromatic rings. The third-order valence-corrected chi connectivity index (χ3v) is 1.93. The number of hydrogen-bond acceptors (Lipinski definition) is 1. The molecular formula is C12H11N. The molecule has 0 fully saturated rings. The normalized spacial score (nSPS) is 14.6. The Labute approximate surface area is 78.1 Å². The summed E-state index contributed by atoms with van der Waals surface area (Å²) in [4.78, 5) is 0. The zero-order chi connectivity index (χ0) is 8.93. The van der Waals surface area contributed by atoms with Crippen molar-refractivity contribution in [1.29, 1.82) is 0 Å². The Morgan fingerprint density at radius 2 is 1.77 bits per heavy atom. The van der Waals surface area contributed by atoms with E-state index in [-0.39, 0.29) is 0 Å². The number of allylic oxidation sites excluding steroid dienone is 4. The van der Waals surface area contributed by atoms with Gasteiger partial charge in [0.25, 0.3) is 0 Å². The molecule has 1 heterocycles. The van der Waals surface area contributed by atoms with E-state index in [0.29, 0.717) is 0 Å². The van der Waals surface area contributed by atoms with Crippen LogP contribution in [0.3, 0.4) is 0 Å². The molecule has 0 amide bonds. The highest BCUT2D eigenvalue weighted by Crippen LogP contribution is 2.15. The van der Waals surface area contributed by atoms with Crippen molar-refractivity contribution in [1.82, 2.24) is 5.32 Å². The molecule has 13 heavy (non-hydrogen) atoms. The first-order valence-electron chi connectivity index (χ1n) is 4.32. The van der Waals surface area contributed by atoms with Gasteiger partial charge in [-0.25, -0.2) is 0 Å². The second kappa shape index (κ2) is 3.76. The van der Waals surface area contributed by atoms with Crippen LogP contribution in [0, 0.1) is 0 Å². The first-order chi connectivity index (χ1) is 6.47. The monoisotopic (exact) mass is 169 g/mol. The summed E-state index contributed by atoms with van der Waals surface area (Å²) in [6.07, 6.45) is 10.00. The highest BCUT2D eigenvalue weighted by Gasteiger charge is 1.95. The standard InChI is InChI=1S/C12H11N/c1-2-6-11(7-3-1)12-8-4-5-9-13-10-12/h1-10,13H. The minimum Gasteiger partial charge on any atom is -0.367 e. The van der Waals surface area contributed by atoms with Crippen LogP contribution >= 0.6 is 0 Å². The largest absolute Gasteiger partial charge is 0.367 e. The minimum atomic E-state index is 1.20. The van der Waals surface area contributed by atoms with E-state index in [0.717, 1.165) is 0 Å². The maximum absolute atomic E-state index is 3.09. The maximum Gasteiger partial charge on any atom is 0.00836 e. The lowest BCUT2D eigenvalue weighted by molar-refractivity contribution is 1.20. The van der Waals surface area contributed by atoms with E-state index in [1.807, 2.05) is 42.8 Å². The molecule has 0 radical (unpaired) electrons. The van der Waals surface area contributed by atoms with E-state index in [1.165, 1.54) is 11.1 Å². The van der Waals surface area contributed by atoms with E-state index in [1.54, 1.807) is 0 Å². The van der Waals surface area contributed by atoms with Crippen LogP contribution < -0.4 is 5.32 Å². The molecule has 2 rings (SSSR count). The molecule has 0 saturated carbocycles. The quantitative estimate of drug-likeness (QED) is 0.681. The number of nitrogens with one attached hydrogen (secondary N) is 1. The maximum atomic E-state index is 3.09. The Morgan fingerprint density at radius 3 is 2.62 bits per heavy atom. The average molecular weight is 169 g/mol. The molecule has 0 atom stereocenters. The fourth-order valence-corrected chi connectivity index (χ4v) is 1.27. The Bertz CT molecular complexity index is 358. The summed E-state index contributed by atoms with van der Waals surface area (Å²) in [5.41, 5.74) is 2.43. The van der Waals surface area contributed by atoms with E-state index in [2.05, 4.69) is 23.5 Å². The van der Waals surface area contributed by atoms with Gasteiger partial charge >= 0.3 is 0 Å². The van der Waals surface area contributed by atoms with Gasteiger partial charge in [0.05, 0.1) is 0 Å². The van der Waals surface area contributed by atoms with Crippen LogP contribution in [0.5, 0.6) is 0 Å². The van der Waals surface area contributed by atoms with Gasteiger partial charge in [0.1, 0.15) is 0 Å². The number of benzene rings is 1. The second-order valence-electron chi connectivity index (χ2n) is 2.85. The number of rotatable bonds is 1. The molecule has 64 valence electrons. The molecule has 1 N–H and O–H groups in total. The van der Waals surface area contributed by atoms with Crippen molar-refractivity contribution in [2.45, 2.75) is 0 Å². The van der Waals surface area contributed by atoms with Gasteiger partial charge in [0.2, 0.25) is 0 Å². The van der Waals surface area contributed by atoms with E-state index in [9.17, 15) is 0 Å². The fraction of sp³-hybridized carbons (Fsp3) is 0. The zero-order valence-electron chi connectivity index (χ0n) is 7.27. The summed E-state index contributed by atoms with van der Waals surface area (Å²) in [5.74, 6) is 0. The Kier molecular flexibility index (Phi) is 2.28. The van der Waals surface area contributed by atoms with Crippen molar-refractivity contribution in [3.05, 3.63) is 66.5 Å². The van der Waals surface area contributed by atoms with Gasteiger partial charge in [-0.1, -0.05) is 42.5 Å². The van der Waals surface area contributed by atoms with Crippen LogP contribution in [-0.4, -0.2) is 0 Å². The van der Waals surface area contributed by atoms with Crippen molar-refractivity contribution < 1.29 is 0 Å². The van der Waals surface area contributed by atoms with Crippen LogP contribution in [0.2, 0.25) is 0 Å². The van der Waals surface area contributed by atoms with Gasteiger partial charge < -0.3 is 5.32 Å². The third-order valence-electron chi connectivity index (χ3n) is 1.93. The molecule has 0 aliphatic carbocycles. The second-order valence-corrected chi connectivity index (χ2v) is 2.85.